The van der Waals surface area contributed by atoms with E-state index in [1.165, 1.54) is 5.56 Å². The van der Waals surface area contributed by atoms with E-state index in [9.17, 15) is 4.79 Å². The van der Waals surface area contributed by atoms with Gasteiger partial charge in [0.15, 0.2) is 0 Å². The Morgan fingerprint density at radius 3 is 2.26 bits per heavy atom. The average molecular weight is 283 g/mol. The van der Waals surface area contributed by atoms with Gasteiger partial charge >= 0.3 is 6.03 Å². The summed E-state index contributed by atoms with van der Waals surface area (Å²) in [7, 11) is 0. The first kappa shape index (κ1) is 15.8. The van der Waals surface area contributed by atoms with Crippen LogP contribution in [0.4, 0.5) is 10.5 Å². The monoisotopic (exact) mass is 282 g/mol. The number of hydrogen-bond acceptors (Lipinski definition) is 1. The number of nitrogens with one attached hydrogen (secondary N) is 2. The first-order valence-electron chi connectivity index (χ1n) is 6.61. The van der Waals surface area contributed by atoms with Gasteiger partial charge in [0, 0.05) is 17.6 Å². The number of carbonyl (C=O) groups is 1. The zero-order chi connectivity index (χ0) is 14.5. The zero-order valence-electron chi connectivity index (χ0n) is 12.1. The van der Waals surface area contributed by atoms with E-state index in [-0.39, 0.29) is 17.5 Å². The first-order valence-corrected chi connectivity index (χ1v) is 7.14. The highest BCUT2D eigenvalue weighted by Gasteiger charge is 2.13. The molecule has 0 spiro atoms. The lowest BCUT2D eigenvalue weighted by atomic mass is 9.87. The number of anilines is 1. The lowest BCUT2D eigenvalue weighted by molar-refractivity contribution is 0.249. The summed E-state index contributed by atoms with van der Waals surface area (Å²) >= 11 is 5.74. The number of alkyl halides is 1. The van der Waals surface area contributed by atoms with Crippen LogP contribution in [0.15, 0.2) is 24.3 Å². The van der Waals surface area contributed by atoms with Crippen molar-refractivity contribution in [1.82, 2.24) is 5.32 Å². The van der Waals surface area contributed by atoms with Gasteiger partial charge in [0.2, 0.25) is 0 Å². The van der Waals surface area contributed by atoms with Crippen LogP contribution in [0.2, 0.25) is 0 Å². The van der Waals surface area contributed by atoms with Gasteiger partial charge in [0.25, 0.3) is 0 Å². The van der Waals surface area contributed by atoms with Gasteiger partial charge in [-0.15, -0.1) is 11.6 Å². The Morgan fingerprint density at radius 1 is 1.26 bits per heavy atom. The minimum absolute atomic E-state index is 0.00974. The molecule has 3 nitrogen and oxygen atoms in total. The molecule has 4 heteroatoms. The quantitative estimate of drug-likeness (QED) is 0.801. The Hall–Kier alpha value is -1.22. The molecular formula is C15H23ClN2O. The van der Waals surface area contributed by atoms with Crippen LogP contribution in [0.5, 0.6) is 0 Å². The second kappa shape index (κ2) is 6.80. The maximum absolute atomic E-state index is 11.7. The van der Waals surface area contributed by atoms with Crippen LogP contribution in [-0.4, -0.2) is 18.0 Å². The number of carbonyl (C=O) groups excluding carboxylic acids is 1. The molecule has 19 heavy (non-hydrogen) atoms. The topological polar surface area (TPSA) is 41.1 Å². The molecule has 1 aromatic carbocycles. The third-order valence-electron chi connectivity index (χ3n) is 3.02. The van der Waals surface area contributed by atoms with Crippen molar-refractivity contribution in [2.45, 2.75) is 45.6 Å². The van der Waals surface area contributed by atoms with Crippen LogP contribution in [-0.2, 0) is 5.41 Å². The molecular weight excluding hydrogens is 260 g/mol. The van der Waals surface area contributed by atoms with Crippen molar-refractivity contribution in [2.24, 2.45) is 0 Å². The molecule has 1 atom stereocenters. The van der Waals surface area contributed by atoms with Crippen molar-refractivity contribution < 1.29 is 4.79 Å². The number of benzene rings is 1. The molecule has 1 aromatic rings. The van der Waals surface area contributed by atoms with Crippen LogP contribution in [0, 0.1) is 0 Å². The molecule has 0 radical (unpaired) electrons. The predicted octanol–water partition coefficient (Wildman–Crippen LogP) is 4.12. The summed E-state index contributed by atoms with van der Waals surface area (Å²) in [6.07, 6.45) is 0.819. The number of rotatable bonds is 4. The minimum atomic E-state index is -0.212. The summed E-state index contributed by atoms with van der Waals surface area (Å²) < 4.78 is 0. The van der Waals surface area contributed by atoms with Crippen LogP contribution < -0.4 is 10.6 Å². The highest BCUT2D eigenvalue weighted by molar-refractivity contribution is 6.18. The summed E-state index contributed by atoms with van der Waals surface area (Å²) in [5, 5.41) is 5.64. The molecule has 0 fully saturated rings. The summed E-state index contributed by atoms with van der Waals surface area (Å²) in [5.41, 5.74) is 2.15. The predicted molar refractivity (Wildman–Crippen MR) is 82.1 cm³/mol. The molecule has 0 bridgehead atoms. The lowest BCUT2D eigenvalue weighted by Gasteiger charge is -2.19. The zero-order valence-corrected chi connectivity index (χ0v) is 12.8. The molecule has 106 valence electrons. The highest BCUT2D eigenvalue weighted by Crippen LogP contribution is 2.23. The van der Waals surface area contributed by atoms with Crippen LogP contribution in [0.1, 0.15) is 39.7 Å². The summed E-state index contributed by atoms with van der Waals surface area (Å²) in [6, 6.07) is 7.71. The van der Waals surface area contributed by atoms with Crippen LogP contribution in [0.25, 0.3) is 0 Å². The van der Waals surface area contributed by atoms with Crippen LogP contribution >= 0.6 is 11.6 Å². The maximum atomic E-state index is 11.7. The van der Waals surface area contributed by atoms with Gasteiger partial charge in [-0.05, 0) is 29.5 Å². The van der Waals surface area contributed by atoms with E-state index in [0.717, 1.165) is 12.1 Å². The second-order valence-corrected chi connectivity index (χ2v) is 5.99. The number of urea groups is 1. The number of hydrogen-bond donors (Lipinski definition) is 2. The molecule has 2 amide bonds. The molecule has 0 saturated heterocycles. The second-order valence-electron chi connectivity index (χ2n) is 5.69. The molecule has 1 rings (SSSR count). The van der Waals surface area contributed by atoms with E-state index >= 15 is 0 Å². The fourth-order valence-electron chi connectivity index (χ4n) is 1.66. The molecule has 0 aliphatic carbocycles. The normalized spacial score (nSPS) is 12.9. The van der Waals surface area contributed by atoms with E-state index in [1.54, 1.807) is 0 Å². The highest BCUT2D eigenvalue weighted by atomic mass is 35.5. The van der Waals surface area contributed by atoms with Crippen molar-refractivity contribution in [3.8, 4) is 0 Å². The largest absolute Gasteiger partial charge is 0.334 e. The Morgan fingerprint density at radius 2 is 1.84 bits per heavy atom. The van der Waals surface area contributed by atoms with Gasteiger partial charge in [-0.3, -0.25) is 0 Å². The molecule has 2 N–H and O–H groups in total. The van der Waals surface area contributed by atoms with E-state index in [0.29, 0.717) is 5.88 Å². The first-order chi connectivity index (χ1) is 8.86. The van der Waals surface area contributed by atoms with Gasteiger partial charge in [-0.25, -0.2) is 4.79 Å². The average Bonchev–Trinajstić information content (AvgIpc) is 2.35. The number of amides is 2. The third kappa shape index (κ3) is 5.11. The SMILES string of the molecule is CC[C@@H](CCl)NC(=O)Nc1ccc(C(C)(C)C)cc1. The van der Waals surface area contributed by atoms with Crippen molar-refractivity contribution in [3.05, 3.63) is 29.8 Å². The maximum Gasteiger partial charge on any atom is 0.319 e. The fourth-order valence-corrected chi connectivity index (χ4v) is 1.95. The van der Waals surface area contributed by atoms with Crippen molar-refractivity contribution >= 4 is 23.3 Å². The van der Waals surface area contributed by atoms with Gasteiger partial charge in [0.05, 0.1) is 0 Å². The van der Waals surface area contributed by atoms with Gasteiger partial charge in [-0.2, -0.15) is 0 Å². The standard InChI is InChI=1S/C15H23ClN2O/c1-5-12(10-16)17-14(19)18-13-8-6-11(7-9-13)15(2,3)4/h6-9,12H,5,10H2,1-4H3,(H2,17,18,19)/t12-/m0/s1. The molecule has 0 aliphatic rings. The van der Waals surface area contributed by atoms with Gasteiger partial charge < -0.3 is 10.6 Å². The Bertz CT molecular complexity index is 405. The smallest absolute Gasteiger partial charge is 0.319 e. The Labute approximate surface area is 120 Å². The summed E-state index contributed by atoms with van der Waals surface area (Å²) in [4.78, 5) is 11.7. The Balaban J connectivity index is 2.61. The van der Waals surface area contributed by atoms with Crippen LogP contribution in [0.3, 0.4) is 0 Å². The third-order valence-corrected chi connectivity index (χ3v) is 3.40. The molecule has 0 heterocycles. The van der Waals surface area contributed by atoms with Gasteiger partial charge in [-0.1, -0.05) is 39.8 Å². The fraction of sp³-hybridized carbons (Fsp3) is 0.533. The van der Waals surface area contributed by atoms with Crippen molar-refractivity contribution in [2.75, 3.05) is 11.2 Å². The van der Waals surface area contributed by atoms with Crippen molar-refractivity contribution in [3.63, 3.8) is 0 Å². The lowest BCUT2D eigenvalue weighted by Crippen LogP contribution is -2.38. The van der Waals surface area contributed by atoms with E-state index in [2.05, 4.69) is 31.4 Å². The molecule has 0 aromatic heterocycles. The van der Waals surface area contributed by atoms with E-state index < -0.39 is 0 Å². The number of halogens is 1. The molecule has 0 saturated carbocycles. The molecule has 0 unspecified atom stereocenters. The molecule has 0 aliphatic heterocycles. The van der Waals surface area contributed by atoms with E-state index in [4.69, 9.17) is 11.6 Å². The summed E-state index contributed by atoms with van der Waals surface area (Å²) in [6.45, 7) is 8.48. The Kier molecular flexibility index (Phi) is 5.67. The summed E-state index contributed by atoms with van der Waals surface area (Å²) in [5.74, 6) is 0.423. The minimum Gasteiger partial charge on any atom is -0.334 e. The van der Waals surface area contributed by atoms with Crippen molar-refractivity contribution in [1.29, 1.82) is 0 Å². The van der Waals surface area contributed by atoms with Gasteiger partial charge in [0.1, 0.15) is 0 Å². The van der Waals surface area contributed by atoms with E-state index in [1.807, 2.05) is 31.2 Å².